The van der Waals surface area contributed by atoms with E-state index < -0.39 is 5.41 Å². The largest absolute Gasteiger partial charge is 0.407 e. The number of aryl methyl sites for hydroxylation is 2. The molecule has 0 aliphatic heterocycles. The van der Waals surface area contributed by atoms with Gasteiger partial charge in [0.05, 0.1) is 16.1 Å². The van der Waals surface area contributed by atoms with Crippen molar-refractivity contribution in [3.8, 4) is 5.88 Å². The summed E-state index contributed by atoms with van der Waals surface area (Å²) in [5.41, 5.74) is 3.42. The highest BCUT2D eigenvalue weighted by molar-refractivity contribution is 7.98. The third-order valence-electron chi connectivity index (χ3n) is 4.24. The molecule has 0 unspecified atom stereocenters. The number of hydrogen-bond acceptors (Lipinski definition) is 6. The van der Waals surface area contributed by atoms with E-state index in [1.807, 2.05) is 27.7 Å². The number of fused-ring (bicyclic) bond motifs is 1. The third-order valence-corrected chi connectivity index (χ3v) is 5.44. The number of carbonyl (C=O) groups is 1. The Kier molecular flexibility index (Phi) is 5.53. The van der Waals surface area contributed by atoms with Gasteiger partial charge in [0.15, 0.2) is 5.16 Å². The van der Waals surface area contributed by atoms with E-state index in [1.54, 1.807) is 12.4 Å². The lowest BCUT2D eigenvalue weighted by atomic mass is 9.97. The number of thioether (sulfide) groups is 1. The van der Waals surface area contributed by atoms with E-state index in [9.17, 15) is 4.79 Å². The molecule has 0 amide bonds. The predicted molar refractivity (Wildman–Crippen MR) is 103 cm³/mol. The fraction of sp³-hybridized carbons (Fsp3) is 0.474. The van der Waals surface area contributed by atoms with Crippen LogP contribution in [0.2, 0.25) is 5.02 Å². The average Bonchev–Trinajstić information content (AvgIpc) is 3.02. The lowest BCUT2D eigenvalue weighted by Crippen LogP contribution is -2.26. The summed E-state index contributed by atoms with van der Waals surface area (Å²) in [6.07, 6.45) is 6.18. The van der Waals surface area contributed by atoms with E-state index in [0.29, 0.717) is 21.8 Å². The first-order valence-electron chi connectivity index (χ1n) is 8.59. The van der Waals surface area contributed by atoms with Crippen LogP contribution in [-0.4, -0.2) is 20.9 Å². The molecule has 7 heteroatoms. The fourth-order valence-corrected chi connectivity index (χ4v) is 3.97. The second kappa shape index (κ2) is 7.53. The molecule has 0 N–H and O–H groups in total. The van der Waals surface area contributed by atoms with Crippen molar-refractivity contribution >= 4 is 29.3 Å². The molecule has 5 nitrogen and oxygen atoms in total. The Morgan fingerprint density at radius 2 is 2.04 bits per heavy atom. The summed E-state index contributed by atoms with van der Waals surface area (Å²) < 4.78 is 5.62. The van der Waals surface area contributed by atoms with Crippen molar-refractivity contribution in [2.24, 2.45) is 5.41 Å². The Bertz CT molecular complexity index is 829. The molecule has 0 atom stereocenters. The maximum Gasteiger partial charge on any atom is 0.317 e. The zero-order valence-corrected chi connectivity index (χ0v) is 17.0. The Balaban J connectivity index is 1.85. The van der Waals surface area contributed by atoms with Crippen LogP contribution in [0.15, 0.2) is 17.6 Å². The Labute approximate surface area is 162 Å². The van der Waals surface area contributed by atoms with Crippen LogP contribution in [0.1, 0.15) is 49.6 Å². The van der Waals surface area contributed by atoms with Crippen LogP contribution < -0.4 is 4.74 Å². The summed E-state index contributed by atoms with van der Waals surface area (Å²) in [5, 5.41) is 1.24. The third kappa shape index (κ3) is 4.18. The number of carbonyl (C=O) groups excluding carboxylic acids is 1. The SMILES string of the molecule is Cc1cncc(Cl)c1CSc1nc2c(c(OC(=O)C(C)(C)C)n1)CCC2. The molecule has 0 saturated carbocycles. The Hall–Kier alpha value is -1.66. The number of hydrogen-bond donors (Lipinski definition) is 0. The summed E-state index contributed by atoms with van der Waals surface area (Å²) in [6, 6.07) is 0. The lowest BCUT2D eigenvalue weighted by Gasteiger charge is -2.17. The van der Waals surface area contributed by atoms with E-state index in [4.69, 9.17) is 16.3 Å². The Morgan fingerprint density at radius 1 is 1.27 bits per heavy atom. The molecular formula is C19H22ClN3O2S. The number of pyridine rings is 1. The molecule has 0 spiro atoms. The van der Waals surface area contributed by atoms with Gasteiger partial charge in [0.2, 0.25) is 5.88 Å². The van der Waals surface area contributed by atoms with Crippen molar-refractivity contribution in [3.63, 3.8) is 0 Å². The van der Waals surface area contributed by atoms with Gasteiger partial charge in [-0.3, -0.25) is 9.78 Å². The number of ether oxygens (including phenoxy) is 1. The number of halogens is 1. The number of rotatable bonds is 4. The van der Waals surface area contributed by atoms with Gasteiger partial charge in [0, 0.05) is 23.7 Å². The molecule has 0 radical (unpaired) electrons. The van der Waals surface area contributed by atoms with Crippen LogP contribution in [0.25, 0.3) is 0 Å². The quantitative estimate of drug-likeness (QED) is 0.432. The van der Waals surface area contributed by atoms with E-state index in [0.717, 1.165) is 41.6 Å². The summed E-state index contributed by atoms with van der Waals surface area (Å²) in [4.78, 5) is 25.6. The van der Waals surface area contributed by atoms with Crippen molar-refractivity contribution in [2.75, 3.05) is 0 Å². The highest BCUT2D eigenvalue weighted by atomic mass is 35.5. The summed E-state index contributed by atoms with van der Waals surface area (Å²) in [5.74, 6) is 0.764. The van der Waals surface area contributed by atoms with Crippen LogP contribution in [0.4, 0.5) is 0 Å². The van der Waals surface area contributed by atoms with E-state index >= 15 is 0 Å². The second-order valence-electron chi connectivity index (χ2n) is 7.44. The van der Waals surface area contributed by atoms with Crippen LogP contribution >= 0.6 is 23.4 Å². The molecule has 3 rings (SSSR count). The topological polar surface area (TPSA) is 65.0 Å². The van der Waals surface area contributed by atoms with Gasteiger partial charge in [-0.2, -0.15) is 4.98 Å². The summed E-state index contributed by atoms with van der Waals surface area (Å²) in [6.45, 7) is 7.48. The smallest absolute Gasteiger partial charge is 0.317 e. The van der Waals surface area contributed by atoms with Crippen molar-refractivity contribution in [3.05, 3.63) is 39.8 Å². The minimum Gasteiger partial charge on any atom is -0.407 e. The number of aromatic nitrogens is 3. The van der Waals surface area contributed by atoms with Crippen LogP contribution in [0.5, 0.6) is 5.88 Å². The van der Waals surface area contributed by atoms with E-state index in [-0.39, 0.29) is 5.97 Å². The molecule has 2 aromatic heterocycles. The fourth-order valence-electron chi connectivity index (χ4n) is 2.64. The summed E-state index contributed by atoms with van der Waals surface area (Å²) in [7, 11) is 0. The molecule has 2 heterocycles. The predicted octanol–water partition coefficient (Wildman–Crippen LogP) is 4.57. The van der Waals surface area contributed by atoms with Gasteiger partial charge >= 0.3 is 5.97 Å². The first-order chi connectivity index (χ1) is 12.3. The molecule has 0 aromatic carbocycles. The molecule has 2 aromatic rings. The normalized spacial score (nSPS) is 13.6. The number of esters is 1. The molecule has 1 aliphatic carbocycles. The maximum absolute atomic E-state index is 12.3. The summed E-state index contributed by atoms with van der Waals surface area (Å²) >= 11 is 7.74. The van der Waals surface area contributed by atoms with Crippen molar-refractivity contribution in [1.82, 2.24) is 15.0 Å². The lowest BCUT2D eigenvalue weighted by molar-refractivity contribution is -0.143. The highest BCUT2D eigenvalue weighted by Crippen LogP contribution is 2.33. The zero-order chi connectivity index (χ0) is 18.9. The Morgan fingerprint density at radius 3 is 2.73 bits per heavy atom. The maximum atomic E-state index is 12.3. The monoisotopic (exact) mass is 391 g/mol. The van der Waals surface area contributed by atoms with Gasteiger partial charge in [-0.15, -0.1) is 0 Å². The highest BCUT2D eigenvalue weighted by Gasteiger charge is 2.28. The standard InChI is InChI=1S/C19H22ClN3O2S/c1-11-8-21-9-14(20)13(11)10-26-18-22-15-7-5-6-12(15)16(23-18)25-17(24)19(2,3)4/h8-9H,5-7,10H2,1-4H3. The molecule has 138 valence electrons. The van der Waals surface area contributed by atoms with Crippen molar-refractivity contribution in [1.29, 1.82) is 0 Å². The van der Waals surface area contributed by atoms with Gasteiger partial charge in [-0.25, -0.2) is 4.98 Å². The van der Waals surface area contributed by atoms with Gasteiger partial charge < -0.3 is 4.74 Å². The van der Waals surface area contributed by atoms with Crippen molar-refractivity contribution < 1.29 is 9.53 Å². The van der Waals surface area contributed by atoms with E-state index in [1.165, 1.54) is 11.8 Å². The van der Waals surface area contributed by atoms with Crippen molar-refractivity contribution in [2.45, 2.75) is 57.9 Å². The minimum absolute atomic E-state index is 0.283. The van der Waals surface area contributed by atoms with Crippen LogP contribution in [0, 0.1) is 12.3 Å². The van der Waals surface area contributed by atoms with Gasteiger partial charge in [-0.05, 0) is 58.1 Å². The molecule has 1 aliphatic rings. The molecule has 26 heavy (non-hydrogen) atoms. The molecular weight excluding hydrogens is 370 g/mol. The zero-order valence-electron chi connectivity index (χ0n) is 15.4. The van der Waals surface area contributed by atoms with Crippen LogP contribution in [-0.2, 0) is 23.4 Å². The first-order valence-corrected chi connectivity index (χ1v) is 9.96. The molecule has 0 fully saturated rings. The van der Waals surface area contributed by atoms with E-state index in [2.05, 4.69) is 15.0 Å². The second-order valence-corrected chi connectivity index (χ2v) is 8.78. The molecule has 0 saturated heterocycles. The molecule has 0 bridgehead atoms. The average molecular weight is 392 g/mol. The van der Waals surface area contributed by atoms with Gasteiger partial charge in [0.25, 0.3) is 0 Å². The van der Waals surface area contributed by atoms with Gasteiger partial charge in [0.1, 0.15) is 0 Å². The van der Waals surface area contributed by atoms with Gasteiger partial charge in [-0.1, -0.05) is 23.4 Å². The first kappa shape index (κ1) is 19.1. The minimum atomic E-state index is -0.578. The van der Waals surface area contributed by atoms with Crippen LogP contribution in [0.3, 0.4) is 0 Å². The number of nitrogens with zero attached hydrogens (tertiary/aromatic N) is 3.